The number of nitrogens with zero attached hydrogens (tertiary/aromatic N) is 2. The van der Waals surface area contributed by atoms with E-state index in [0.29, 0.717) is 22.6 Å². The minimum absolute atomic E-state index is 0.355. The molecule has 0 N–H and O–H groups in total. The van der Waals surface area contributed by atoms with Crippen molar-refractivity contribution >= 4 is 67.3 Å². The van der Waals surface area contributed by atoms with E-state index in [-0.39, 0.29) is 11.9 Å². The summed E-state index contributed by atoms with van der Waals surface area (Å²) in [5.41, 5.74) is 0. The molecule has 1 aliphatic rings. The van der Waals surface area contributed by atoms with Crippen molar-refractivity contribution in [1.29, 1.82) is 0 Å². The Labute approximate surface area is 239 Å². The fourth-order valence-corrected chi connectivity index (χ4v) is 8.10. The molecule has 4 heterocycles. The van der Waals surface area contributed by atoms with Crippen LogP contribution in [0.15, 0.2) is 48.5 Å². The maximum Gasteiger partial charge on any atom is 0.348 e. The molecule has 1 saturated carbocycles. The lowest BCUT2D eigenvalue weighted by Crippen LogP contribution is -2.37. The van der Waals surface area contributed by atoms with Gasteiger partial charge in [0, 0.05) is 47.7 Å². The number of carbonyl (C=O) groups excluding carboxylic acids is 2. The van der Waals surface area contributed by atoms with Gasteiger partial charge in [0.25, 0.3) is 0 Å². The first-order valence-corrected chi connectivity index (χ1v) is 15.7. The highest BCUT2D eigenvalue weighted by Crippen LogP contribution is 2.39. The van der Waals surface area contributed by atoms with E-state index in [9.17, 15) is 9.59 Å². The Bertz CT molecular complexity index is 1310. The van der Waals surface area contributed by atoms with Gasteiger partial charge >= 0.3 is 11.9 Å². The summed E-state index contributed by atoms with van der Waals surface area (Å²) in [6.07, 6.45) is 2.40. The van der Waals surface area contributed by atoms with Crippen molar-refractivity contribution < 1.29 is 19.1 Å². The van der Waals surface area contributed by atoms with Crippen LogP contribution in [0, 0.1) is 0 Å². The topological polar surface area (TPSA) is 59.1 Å². The average molecular weight is 587 g/mol. The van der Waals surface area contributed by atoms with Crippen molar-refractivity contribution in [3.8, 4) is 19.5 Å². The van der Waals surface area contributed by atoms with Crippen molar-refractivity contribution in [1.82, 2.24) is 0 Å². The average Bonchev–Trinajstić information content (AvgIpc) is 3.69. The summed E-state index contributed by atoms with van der Waals surface area (Å²) in [5, 5.41) is 2.33. The van der Waals surface area contributed by atoms with Crippen molar-refractivity contribution in [3.05, 3.63) is 58.3 Å². The van der Waals surface area contributed by atoms with E-state index < -0.39 is 12.2 Å². The van der Waals surface area contributed by atoms with Crippen molar-refractivity contribution in [2.24, 2.45) is 0 Å². The van der Waals surface area contributed by atoms with Gasteiger partial charge in [0.05, 0.1) is 10.0 Å². The number of carbonyl (C=O) groups is 2. The highest BCUT2D eigenvalue weighted by atomic mass is 32.1. The molecule has 6 nitrogen and oxygen atoms in total. The molecule has 10 heteroatoms. The van der Waals surface area contributed by atoms with Gasteiger partial charge in [-0.3, -0.25) is 0 Å². The van der Waals surface area contributed by atoms with E-state index in [0.717, 1.165) is 42.4 Å². The maximum atomic E-state index is 13.0. The number of thiophene rings is 4. The highest BCUT2D eigenvalue weighted by molar-refractivity contribution is 7.25. The Morgan fingerprint density at radius 3 is 1.34 bits per heavy atom. The second-order valence-electron chi connectivity index (χ2n) is 9.56. The van der Waals surface area contributed by atoms with Crippen LogP contribution in [0.4, 0.5) is 10.0 Å². The summed E-state index contributed by atoms with van der Waals surface area (Å²) in [6.45, 7) is 0. The van der Waals surface area contributed by atoms with Gasteiger partial charge in [0.1, 0.15) is 22.0 Å². The molecule has 1 aliphatic carbocycles. The third-order valence-corrected chi connectivity index (χ3v) is 11.4. The Hall–Kier alpha value is -2.66. The van der Waals surface area contributed by atoms with Crippen molar-refractivity contribution in [2.45, 2.75) is 37.9 Å². The zero-order valence-electron chi connectivity index (χ0n) is 21.8. The molecule has 4 aromatic heterocycles. The largest absolute Gasteiger partial charge is 0.454 e. The molecule has 200 valence electrons. The quantitative estimate of drug-likeness (QED) is 0.197. The van der Waals surface area contributed by atoms with Gasteiger partial charge in [-0.05, 0) is 74.2 Å². The number of hydrogen-bond acceptors (Lipinski definition) is 10. The number of rotatable bonds is 8. The SMILES string of the molecule is CN(C)c1ccc(-c2ccc(C(=O)O[C@@H]3CCCC[C@H]3OC(=O)c3ccc(-c4ccc(N(C)C)s4)s3)s2)s1. The van der Waals surface area contributed by atoms with Crippen LogP contribution in [-0.2, 0) is 9.47 Å². The normalized spacial score (nSPS) is 17.3. The van der Waals surface area contributed by atoms with Crippen LogP contribution in [-0.4, -0.2) is 52.3 Å². The molecule has 1 fully saturated rings. The first-order chi connectivity index (χ1) is 18.3. The van der Waals surface area contributed by atoms with E-state index in [2.05, 4.69) is 34.1 Å². The van der Waals surface area contributed by atoms with Gasteiger partial charge in [-0.15, -0.1) is 45.3 Å². The third-order valence-electron chi connectivity index (χ3n) is 6.32. The zero-order valence-corrected chi connectivity index (χ0v) is 25.0. The van der Waals surface area contributed by atoms with E-state index in [1.807, 2.05) is 52.5 Å². The fraction of sp³-hybridized carbons (Fsp3) is 0.357. The second kappa shape index (κ2) is 11.6. The van der Waals surface area contributed by atoms with Gasteiger partial charge < -0.3 is 19.3 Å². The van der Waals surface area contributed by atoms with Crippen LogP contribution in [0.3, 0.4) is 0 Å². The van der Waals surface area contributed by atoms with Crippen molar-refractivity contribution in [3.63, 3.8) is 0 Å². The van der Waals surface area contributed by atoms with Crippen LogP contribution in [0.2, 0.25) is 0 Å². The van der Waals surface area contributed by atoms with Gasteiger partial charge in [-0.2, -0.15) is 0 Å². The summed E-state index contributed by atoms with van der Waals surface area (Å²) in [4.78, 5) is 35.6. The Balaban J connectivity index is 1.22. The minimum Gasteiger partial charge on any atom is -0.454 e. The molecule has 0 amide bonds. The van der Waals surface area contributed by atoms with Gasteiger partial charge in [0.15, 0.2) is 0 Å². The lowest BCUT2D eigenvalue weighted by molar-refractivity contribution is -0.0509. The summed E-state index contributed by atoms with van der Waals surface area (Å²) in [5.74, 6) is -0.710. The molecule has 0 unspecified atom stereocenters. The van der Waals surface area contributed by atoms with Crippen LogP contribution < -0.4 is 9.80 Å². The van der Waals surface area contributed by atoms with E-state index in [1.54, 1.807) is 22.7 Å². The number of ether oxygens (including phenoxy) is 2. The van der Waals surface area contributed by atoms with Crippen LogP contribution >= 0.6 is 45.3 Å². The minimum atomic E-state index is -0.438. The summed E-state index contributed by atoms with van der Waals surface area (Å²) >= 11 is 6.24. The van der Waals surface area contributed by atoms with Crippen LogP contribution in [0.5, 0.6) is 0 Å². The van der Waals surface area contributed by atoms with Gasteiger partial charge in [-0.25, -0.2) is 9.59 Å². The van der Waals surface area contributed by atoms with E-state index in [4.69, 9.17) is 9.47 Å². The molecule has 38 heavy (non-hydrogen) atoms. The molecule has 0 bridgehead atoms. The predicted octanol–water partition coefficient (Wildman–Crippen LogP) is 7.72. The molecular formula is C28H30N2O4S4. The fourth-order valence-electron chi connectivity index (χ4n) is 4.28. The predicted molar refractivity (Wildman–Crippen MR) is 161 cm³/mol. The van der Waals surface area contributed by atoms with Gasteiger partial charge in [-0.1, -0.05) is 0 Å². The van der Waals surface area contributed by atoms with E-state index in [1.165, 1.54) is 22.7 Å². The maximum absolute atomic E-state index is 13.0. The summed E-state index contributed by atoms with van der Waals surface area (Å²) in [7, 11) is 8.06. The molecule has 2 atom stereocenters. The first-order valence-electron chi connectivity index (χ1n) is 12.4. The molecule has 0 radical (unpaired) electrons. The molecule has 0 aliphatic heterocycles. The van der Waals surface area contributed by atoms with Crippen LogP contribution in [0.25, 0.3) is 19.5 Å². The second-order valence-corrected chi connectivity index (χ2v) is 13.9. The number of esters is 2. The number of anilines is 2. The number of hydrogen-bond donors (Lipinski definition) is 0. The van der Waals surface area contributed by atoms with Crippen molar-refractivity contribution in [2.75, 3.05) is 38.0 Å². The lowest BCUT2D eigenvalue weighted by atomic mass is 9.94. The molecule has 0 saturated heterocycles. The summed E-state index contributed by atoms with van der Waals surface area (Å²) in [6, 6.07) is 15.9. The zero-order chi connectivity index (χ0) is 26.8. The Morgan fingerprint density at radius 1 is 0.605 bits per heavy atom. The van der Waals surface area contributed by atoms with E-state index >= 15 is 0 Å². The lowest BCUT2D eigenvalue weighted by Gasteiger charge is -2.30. The monoisotopic (exact) mass is 586 g/mol. The molecule has 0 aromatic carbocycles. The third kappa shape index (κ3) is 5.98. The standard InChI is InChI=1S/C28H30N2O4S4/c1-29(2)25-15-13-21(37-25)19-9-11-23(35-19)27(31)33-17-7-5-6-8-18(17)34-28(32)24-12-10-20(36-24)22-14-16-26(38-22)30(3)4/h9-18H,5-8H2,1-4H3/t17-,18-/m1/s1. The summed E-state index contributed by atoms with van der Waals surface area (Å²) < 4.78 is 11.8. The molecule has 4 aromatic rings. The first kappa shape index (κ1) is 26.9. The molecule has 0 spiro atoms. The van der Waals surface area contributed by atoms with Crippen LogP contribution in [0.1, 0.15) is 45.0 Å². The Morgan fingerprint density at radius 2 is 0.974 bits per heavy atom. The smallest absolute Gasteiger partial charge is 0.348 e. The Kier molecular flexibility index (Phi) is 8.23. The molecular weight excluding hydrogens is 557 g/mol. The molecule has 5 rings (SSSR count). The highest BCUT2D eigenvalue weighted by Gasteiger charge is 2.33. The van der Waals surface area contributed by atoms with Gasteiger partial charge in [0.2, 0.25) is 0 Å².